The van der Waals surface area contributed by atoms with Crippen molar-refractivity contribution in [2.24, 2.45) is 11.5 Å². The Morgan fingerprint density at radius 2 is 2.00 bits per heavy atom. The van der Waals surface area contributed by atoms with Crippen molar-refractivity contribution in [2.45, 2.75) is 0 Å². The van der Waals surface area contributed by atoms with E-state index >= 15 is 0 Å². The van der Waals surface area contributed by atoms with Gasteiger partial charge in [0.15, 0.2) is 0 Å². The van der Waals surface area contributed by atoms with Gasteiger partial charge in [-0.25, -0.2) is 0 Å². The first-order valence-corrected chi connectivity index (χ1v) is 2.79. The van der Waals surface area contributed by atoms with Crippen molar-refractivity contribution in [1.82, 2.24) is 0 Å². The third-order valence-electron chi connectivity index (χ3n) is 0.455. The first-order chi connectivity index (χ1) is 3.18. The van der Waals surface area contributed by atoms with Crippen molar-refractivity contribution in [2.75, 3.05) is 0 Å². The summed E-state index contributed by atoms with van der Waals surface area (Å²) in [6.45, 7) is 3.46. The number of hydrogen-bond acceptors (Lipinski definition) is 2. The Morgan fingerprint density at radius 3 is 2.00 bits per heavy atom. The van der Waals surface area contributed by atoms with Crippen molar-refractivity contribution in [3.63, 3.8) is 0 Å². The standard InChI is InChI=1S/C4H7IN2/c1-2-3(5)4(6)7/h2H,1,6-7H2. The van der Waals surface area contributed by atoms with Gasteiger partial charge < -0.3 is 11.5 Å². The molecule has 0 radical (unpaired) electrons. The largest absolute Gasteiger partial charge is 0.385 e. The van der Waals surface area contributed by atoms with Crippen molar-refractivity contribution < 1.29 is 0 Å². The second-order valence-corrected chi connectivity index (χ2v) is 2.17. The van der Waals surface area contributed by atoms with E-state index in [1.54, 1.807) is 6.08 Å². The molecule has 0 atom stereocenters. The second-order valence-electron chi connectivity index (χ2n) is 1.01. The first kappa shape index (κ1) is 6.81. The molecule has 0 amide bonds. The van der Waals surface area contributed by atoms with Gasteiger partial charge in [0, 0.05) is 0 Å². The van der Waals surface area contributed by atoms with Crippen LogP contribution in [0.1, 0.15) is 0 Å². The Hall–Kier alpha value is -0.190. The van der Waals surface area contributed by atoms with Crippen LogP contribution < -0.4 is 11.5 Å². The van der Waals surface area contributed by atoms with Crippen LogP contribution in [-0.4, -0.2) is 0 Å². The van der Waals surface area contributed by atoms with Crippen LogP contribution in [0.3, 0.4) is 0 Å². The fourth-order valence-corrected chi connectivity index (χ4v) is 0.118. The average molecular weight is 210 g/mol. The number of rotatable bonds is 1. The zero-order chi connectivity index (χ0) is 5.86. The van der Waals surface area contributed by atoms with Gasteiger partial charge in [-0.1, -0.05) is 12.7 Å². The van der Waals surface area contributed by atoms with Gasteiger partial charge in [0.2, 0.25) is 0 Å². The highest BCUT2D eigenvalue weighted by atomic mass is 127. The van der Waals surface area contributed by atoms with Crippen LogP contribution in [0.15, 0.2) is 22.1 Å². The number of halogens is 1. The summed E-state index contributed by atoms with van der Waals surface area (Å²) in [6, 6.07) is 0. The smallest absolute Gasteiger partial charge is 0.107 e. The van der Waals surface area contributed by atoms with Gasteiger partial charge in [0.1, 0.15) is 5.82 Å². The van der Waals surface area contributed by atoms with E-state index in [0.717, 1.165) is 3.58 Å². The first-order valence-electron chi connectivity index (χ1n) is 1.71. The zero-order valence-corrected chi connectivity index (χ0v) is 5.97. The molecule has 0 rings (SSSR count). The molecule has 0 fully saturated rings. The van der Waals surface area contributed by atoms with Crippen molar-refractivity contribution in [3.05, 3.63) is 22.1 Å². The van der Waals surface area contributed by atoms with E-state index in [1.807, 2.05) is 22.6 Å². The minimum absolute atomic E-state index is 0.329. The van der Waals surface area contributed by atoms with E-state index in [-0.39, 0.29) is 0 Å². The van der Waals surface area contributed by atoms with E-state index in [2.05, 4.69) is 6.58 Å². The van der Waals surface area contributed by atoms with Crippen LogP contribution in [0, 0.1) is 0 Å². The maximum atomic E-state index is 5.13. The summed E-state index contributed by atoms with van der Waals surface area (Å²) in [5.41, 5.74) is 10.3. The molecule has 3 heteroatoms. The third-order valence-corrected chi connectivity index (χ3v) is 1.52. The molecule has 0 unspecified atom stereocenters. The molecule has 7 heavy (non-hydrogen) atoms. The molecule has 0 bridgehead atoms. The highest BCUT2D eigenvalue weighted by Crippen LogP contribution is 2.04. The molecule has 0 aliphatic rings. The molecule has 0 spiro atoms. The Labute approximate surface area is 56.4 Å². The summed E-state index contributed by atoms with van der Waals surface area (Å²) >= 11 is 2.01. The lowest BCUT2D eigenvalue weighted by Gasteiger charge is -1.89. The normalized spacial score (nSPS) is 7.57. The van der Waals surface area contributed by atoms with E-state index in [9.17, 15) is 0 Å². The molecule has 4 N–H and O–H groups in total. The van der Waals surface area contributed by atoms with Gasteiger partial charge in [-0.2, -0.15) is 0 Å². The van der Waals surface area contributed by atoms with Gasteiger partial charge in [0.25, 0.3) is 0 Å². The molecule has 0 saturated heterocycles. The van der Waals surface area contributed by atoms with Crippen LogP contribution in [0.25, 0.3) is 0 Å². The molecule has 0 aromatic carbocycles. The average Bonchev–Trinajstić information content (AvgIpc) is 1.65. The molecule has 0 aromatic rings. The van der Waals surface area contributed by atoms with Crippen molar-refractivity contribution >= 4 is 22.6 Å². The van der Waals surface area contributed by atoms with Gasteiger partial charge in [0.05, 0.1) is 3.58 Å². The Bertz CT molecular complexity index is 102. The lowest BCUT2D eigenvalue weighted by atomic mass is 10.5. The van der Waals surface area contributed by atoms with E-state index in [0.29, 0.717) is 5.82 Å². The number of hydrogen-bond donors (Lipinski definition) is 2. The van der Waals surface area contributed by atoms with E-state index in [4.69, 9.17) is 11.5 Å². The Balaban J connectivity index is 3.98. The molecule has 0 aromatic heterocycles. The highest BCUT2D eigenvalue weighted by molar-refractivity contribution is 14.1. The van der Waals surface area contributed by atoms with Gasteiger partial charge >= 0.3 is 0 Å². The minimum Gasteiger partial charge on any atom is -0.385 e. The molecule has 0 aliphatic carbocycles. The summed E-state index contributed by atoms with van der Waals surface area (Å²) < 4.78 is 0.803. The molecule has 2 nitrogen and oxygen atoms in total. The Morgan fingerprint density at radius 1 is 1.57 bits per heavy atom. The summed E-state index contributed by atoms with van der Waals surface area (Å²) in [4.78, 5) is 0. The quantitative estimate of drug-likeness (QED) is 0.494. The molecular weight excluding hydrogens is 203 g/mol. The predicted octanol–water partition coefficient (Wildman–Crippen LogP) is 0.694. The second kappa shape index (κ2) is 2.90. The molecular formula is C4H7IN2. The van der Waals surface area contributed by atoms with Crippen LogP contribution in [0.4, 0.5) is 0 Å². The molecule has 0 aliphatic heterocycles. The molecule has 40 valence electrons. The SMILES string of the molecule is C=CC(I)=C(N)N. The summed E-state index contributed by atoms with van der Waals surface area (Å²) in [6.07, 6.45) is 1.61. The van der Waals surface area contributed by atoms with Crippen LogP contribution >= 0.6 is 22.6 Å². The monoisotopic (exact) mass is 210 g/mol. The van der Waals surface area contributed by atoms with Gasteiger partial charge in [-0.15, -0.1) is 0 Å². The topological polar surface area (TPSA) is 52.0 Å². The summed E-state index contributed by atoms with van der Waals surface area (Å²) in [7, 11) is 0. The van der Waals surface area contributed by atoms with Crippen LogP contribution in [0.2, 0.25) is 0 Å². The third kappa shape index (κ3) is 2.50. The number of nitrogens with two attached hydrogens (primary N) is 2. The van der Waals surface area contributed by atoms with Crippen molar-refractivity contribution in [3.8, 4) is 0 Å². The Kier molecular flexibility index (Phi) is 2.82. The minimum atomic E-state index is 0.329. The molecule has 0 heterocycles. The van der Waals surface area contributed by atoms with E-state index < -0.39 is 0 Å². The maximum absolute atomic E-state index is 5.13. The fraction of sp³-hybridized carbons (Fsp3) is 0. The maximum Gasteiger partial charge on any atom is 0.107 e. The molecule has 0 saturated carbocycles. The predicted molar refractivity (Wildman–Crippen MR) is 39.6 cm³/mol. The number of allylic oxidation sites excluding steroid dienone is 2. The van der Waals surface area contributed by atoms with Crippen molar-refractivity contribution in [1.29, 1.82) is 0 Å². The van der Waals surface area contributed by atoms with Gasteiger partial charge in [-0.3, -0.25) is 0 Å². The summed E-state index contributed by atoms with van der Waals surface area (Å²) in [5.74, 6) is 0.329. The van der Waals surface area contributed by atoms with E-state index in [1.165, 1.54) is 0 Å². The van der Waals surface area contributed by atoms with Gasteiger partial charge in [-0.05, 0) is 22.6 Å². The summed E-state index contributed by atoms with van der Waals surface area (Å²) in [5, 5.41) is 0. The fourth-order valence-electron chi connectivity index (χ4n) is 0.118. The lowest BCUT2D eigenvalue weighted by Crippen LogP contribution is -2.08. The van der Waals surface area contributed by atoms with Crippen LogP contribution in [0.5, 0.6) is 0 Å². The van der Waals surface area contributed by atoms with Crippen LogP contribution in [-0.2, 0) is 0 Å². The zero-order valence-electron chi connectivity index (χ0n) is 3.82. The lowest BCUT2D eigenvalue weighted by molar-refractivity contribution is 1.25. The highest BCUT2D eigenvalue weighted by Gasteiger charge is 1.83.